The van der Waals surface area contributed by atoms with Crippen molar-refractivity contribution in [2.45, 2.75) is 32.2 Å². The van der Waals surface area contributed by atoms with E-state index in [1.54, 1.807) is 11.3 Å². The van der Waals surface area contributed by atoms with Crippen molar-refractivity contribution in [3.05, 3.63) is 54.6 Å². The van der Waals surface area contributed by atoms with Crippen molar-refractivity contribution in [1.29, 1.82) is 0 Å². The fourth-order valence-electron chi connectivity index (χ4n) is 2.18. The summed E-state index contributed by atoms with van der Waals surface area (Å²) in [5.74, 6) is 0. The molecule has 4 heteroatoms. The molecule has 0 radical (unpaired) electrons. The minimum atomic E-state index is -0.104. The van der Waals surface area contributed by atoms with Crippen molar-refractivity contribution >= 4 is 43.2 Å². The van der Waals surface area contributed by atoms with E-state index < -0.39 is 0 Å². The van der Waals surface area contributed by atoms with Crippen molar-refractivity contribution in [2.75, 3.05) is 0 Å². The molecule has 1 atom stereocenters. The van der Waals surface area contributed by atoms with Crippen LogP contribution in [0, 0.1) is 0 Å². The predicted molar refractivity (Wildman–Crippen MR) is 90.9 cm³/mol. The zero-order valence-electron chi connectivity index (χ0n) is 11.2. The number of rotatable bonds is 2. The van der Waals surface area contributed by atoms with Gasteiger partial charge < -0.3 is 5.73 Å². The van der Waals surface area contributed by atoms with Gasteiger partial charge >= 0.3 is 0 Å². The maximum Gasteiger partial charge on any atom is 0.0761 e. The molecule has 1 aromatic heterocycles. The quantitative estimate of drug-likeness (QED) is 0.692. The van der Waals surface area contributed by atoms with Gasteiger partial charge in [0.05, 0.1) is 13.6 Å². The molecule has 0 aliphatic heterocycles. The summed E-state index contributed by atoms with van der Waals surface area (Å²) in [7, 11) is 0. The van der Waals surface area contributed by atoms with Gasteiger partial charge in [-0.3, -0.25) is 0 Å². The fraction of sp³-hybridized carbons (Fsp3) is 0.333. The summed E-state index contributed by atoms with van der Waals surface area (Å²) < 4.78 is 2.19. The summed E-state index contributed by atoms with van der Waals surface area (Å²) in [4.78, 5) is 0. The lowest BCUT2D eigenvalue weighted by molar-refractivity contribution is 0.578. The molecule has 1 aromatic carbocycles. The smallest absolute Gasteiger partial charge is 0.0761 e. The molecular weight excluding hydrogens is 386 g/mol. The van der Waals surface area contributed by atoms with Crippen molar-refractivity contribution in [2.24, 2.45) is 5.73 Å². The van der Waals surface area contributed by atoms with Gasteiger partial charge in [0, 0.05) is 0 Å². The van der Waals surface area contributed by atoms with Gasteiger partial charge in [0.25, 0.3) is 0 Å². The number of thiophene rings is 1. The molecule has 0 spiro atoms. The molecule has 0 fully saturated rings. The second kappa shape index (κ2) is 5.68. The first-order valence-corrected chi connectivity index (χ1v) is 8.50. The van der Waals surface area contributed by atoms with Crippen molar-refractivity contribution in [3.63, 3.8) is 0 Å². The summed E-state index contributed by atoms with van der Waals surface area (Å²) in [6.07, 6.45) is 0. The topological polar surface area (TPSA) is 26.0 Å². The number of hydrogen-bond donors (Lipinski definition) is 1. The van der Waals surface area contributed by atoms with Crippen molar-refractivity contribution in [1.82, 2.24) is 0 Å². The van der Waals surface area contributed by atoms with Crippen molar-refractivity contribution < 1.29 is 0 Å². The molecule has 0 aliphatic rings. The molecular formula is C15H17Br2NS. The first-order valence-electron chi connectivity index (χ1n) is 6.10. The van der Waals surface area contributed by atoms with Crippen LogP contribution in [-0.2, 0) is 5.41 Å². The third-order valence-electron chi connectivity index (χ3n) is 3.12. The molecule has 0 bridgehead atoms. The second-order valence-electron chi connectivity index (χ2n) is 5.59. The van der Waals surface area contributed by atoms with Gasteiger partial charge in [-0.2, -0.15) is 0 Å². The Morgan fingerprint density at radius 1 is 1.11 bits per heavy atom. The Bertz CT molecular complexity index is 584. The Morgan fingerprint density at radius 3 is 2.26 bits per heavy atom. The lowest BCUT2D eigenvalue weighted by Crippen LogP contribution is -2.20. The maximum atomic E-state index is 6.48. The van der Waals surface area contributed by atoms with E-state index in [0.717, 1.165) is 13.1 Å². The fourth-order valence-corrected chi connectivity index (χ4v) is 5.11. The summed E-state index contributed by atoms with van der Waals surface area (Å²) in [5, 5.41) is 0. The molecule has 19 heavy (non-hydrogen) atoms. The van der Waals surface area contributed by atoms with Crippen LogP contribution >= 0.6 is 43.2 Å². The van der Waals surface area contributed by atoms with Crippen molar-refractivity contribution in [3.8, 4) is 0 Å². The first kappa shape index (κ1) is 15.2. The van der Waals surface area contributed by atoms with Crippen LogP contribution in [0.25, 0.3) is 0 Å². The van der Waals surface area contributed by atoms with Gasteiger partial charge in [0.1, 0.15) is 0 Å². The van der Waals surface area contributed by atoms with Gasteiger partial charge in [-0.1, -0.05) is 45.0 Å². The lowest BCUT2D eigenvalue weighted by Gasteiger charge is -2.25. The molecule has 0 aliphatic carbocycles. The molecule has 0 amide bonds. The highest BCUT2D eigenvalue weighted by atomic mass is 79.9. The molecule has 102 valence electrons. The average molecular weight is 403 g/mol. The monoisotopic (exact) mass is 401 g/mol. The number of halogens is 2. The molecule has 1 heterocycles. The minimum Gasteiger partial charge on any atom is -0.320 e. The van der Waals surface area contributed by atoms with Crippen LogP contribution in [0.2, 0.25) is 0 Å². The maximum absolute atomic E-state index is 6.48. The summed E-state index contributed by atoms with van der Waals surface area (Å²) in [6, 6.07) is 10.4. The van der Waals surface area contributed by atoms with Gasteiger partial charge in [-0.15, -0.1) is 11.3 Å². The van der Waals surface area contributed by atoms with E-state index in [0.29, 0.717) is 0 Å². The zero-order chi connectivity index (χ0) is 14.2. The summed E-state index contributed by atoms with van der Waals surface area (Å²) >= 11 is 8.77. The molecule has 2 rings (SSSR count). The third-order valence-corrected chi connectivity index (χ3v) is 5.51. The molecule has 1 unspecified atom stereocenters. The summed E-state index contributed by atoms with van der Waals surface area (Å²) in [5.41, 5.74) is 10.2. The van der Waals surface area contributed by atoms with E-state index in [-0.39, 0.29) is 11.5 Å². The van der Waals surface area contributed by atoms with Gasteiger partial charge in [-0.05, 0) is 60.0 Å². The Kier molecular flexibility index (Phi) is 4.56. The van der Waals surface area contributed by atoms with Crippen LogP contribution in [0.5, 0.6) is 0 Å². The first-order chi connectivity index (χ1) is 8.80. The highest BCUT2D eigenvalue weighted by molar-refractivity contribution is 9.12. The van der Waals surface area contributed by atoms with E-state index in [2.05, 4.69) is 83.0 Å². The lowest BCUT2D eigenvalue weighted by atomic mass is 9.81. The normalized spacial score (nSPS) is 13.6. The molecule has 2 aromatic rings. The van der Waals surface area contributed by atoms with Crippen LogP contribution in [0.3, 0.4) is 0 Å². The standard InChI is InChI=1S/C15H17Br2NS/c1-15(2,3)11-7-5-4-6-9(11)13(18)10-8-12(16)19-14(10)17/h4-8,13H,18H2,1-3H3. The average Bonchev–Trinajstić information content (AvgIpc) is 2.66. The van der Waals surface area contributed by atoms with Crippen LogP contribution in [0.4, 0.5) is 0 Å². The van der Waals surface area contributed by atoms with Crippen LogP contribution in [0.15, 0.2) is 37.9 Å². The molecule has 0 saturated carbocycles. The third kappa shape index (κ3) is 3.30. The number of nitrogens with two attached hydrogens (primary N) is 1. The Labute approximate surface area is 135 Å². The molecule has 1 nitrogen and oxygen atoms in total. The van der Waals surface area contributed by atoms with Crippen LogP contribution < -0.4 is 5.73 Å². The Hall–Kier alpha value is -0.160. The van der Waals surface area contributed by atoms with Crippen LogP contribution in [0.1, 0.15) is 43.5 Å². The van der Waals surface area contributed by atoms with Gasteiger partial charge in [-0.25, -0.2) is 0 Å². The highest BCUT2D eigenvalue weighted by Gasteiger charge is 2.23. The van der Waals surface area contributed by atoms with Gasteiger partial charge in [0.15, 0.2) is 0 Å². The number of benzene rings is 1. The predicted octanol–water partition coefficient (Wildman–Crippen LogP) is 5.62. The SMILES string of the molecule is CC(C)(C)c1ccccc1C(N)c1cc(Br)sc1Br. The summed E-state index contributed by atoms with van der Waals surface area (Å²) in [6.45, 7) is 6.66. The zero-order valence-corrected chi connectivity index (χ0v) is 15.2. The number of hydrogen-bond acceptors (Lipinski definition) is 2. The van der Waals surface area contributed by atoms with E-state index in [1.165, 1.54) is 11.1 Å². The molecule has 0 saturated heterocycles. The van der Waals surface area contributed by atoms with Crippen LogP contribution in [-0.4, -0.2) is 0 Å². The Balaban J connectivity index is 2.50. The minimum absolute atomic E-state index is 0.0912. The second-order valence-corrected chi connectivity index (χ2v) is 9.34. The Morgan fingerprint density at radius 2 is 1.74 bits per heavy atom. The molecule has 2 N–H and O–H groups in total. The largest absolute Gasteiger partial charge is 0.320 e. The van der Waals surface area contributed by atoms with E-state index in [1.807, 2.05) is 0 Å². The van der Waals surface area contributed by atoms with E-state index in [4.69, 9.17) is 5.73 Å². The van der Waals surface area contributed by atoms with E-state index in [9.17, 15) is 0 Å². The van der Waals surface area contributed by atoms with Gasteiger partial charge in [0.2, 0.25) is 0 Å². The van der Waals surface area contributed by atoms with E-state index >= 15 is 0 Å². The highest BCUT2D eigenvalue weighted by Crippen LogP contribution is 2.39.